The molecular weight excluding hydrogens is 358 g/mol. The highest BCUT2D eigenvalue weighted by atomic mass is 35.5. The van der Waals surface area contributed by atoms with E-state index in [-0.39, 0.29) is 0 Å². The van der Waals surface area contributed by atoms with Gasteiger partial charge in [0.05, 0.1) is 12.9 Å². The molecular formula is C21H24ClN5. The topological polar surface area (TPSA) is 54.2 Å². The number of aliphatic imine (C=N–C) groups is 1. The van der Waals surface area contributed by atoms with Gasteiger partial charge >= 0.3 is 0 Å². The van der Waals surface area contributed by atoms with Crippen molar-refractivity contribution in [2.75, 3.05) is 6.54 Å². The van der Waals surface area contributed by atoms with Crippen molar-refractivity contribution in [3.8, 4) is 0 Å². The molecule has 1 heterocycles. The summed E-state index contributed by atoms with van der Waals surface area (Å²) in [6.07, 6.45) is 5.58. The van der Waals surface area contributed by atoms with Crippen LogP contribution in [-0.4, -0.2) is 22.1 Å². The van der Waals surface area contributed by atoms with Crippen LogP contribution >= 0.6 is 11.6 Å². The Morgan fingerprint density at radius 3 is 2.74 bits per heavy atom. The van der Waals surface area contributed by atoms with Crippen LogP contribution in [0.4, 0.5) is 0 Å². The monoisotopic (exact) mass is 381 g/mol. The summed E-state index contributed by atoms with van der Waals surface area (Å²) in [5.74, 6) is 0.775. The first kappa shape index (κ1) is 19.0. The smallest absolute Gasteiger partial charge is 0.191 e. The molecule has 1 aromatic heterocycles. The van der Waals surface area contributed by atoms with Crippen LogP contribution in [0.15, 0.2) is 72.2 Å². The van der Waals surface area contributed by atoms with Crippen LogP contribution in [0.3, 0.4) is 0 Å². The average molecular weight is 382 g/mol. The quantitative estimate of drug-likeness (QED) is 0.483. The minimum atomic E-state index is 0.607. The highest BCUT2D eigenvalue weighted by Gasteiger charge is 2.02. The van der Waals surface area contributed by atoms with Crippen molar-refractivity contribution in [3.63, 3.8) is 0 Å². The van der Waals surface area contributed by atoms with Crippen molar-refractivity contribution in [2.45, 2.75) is 26.6 Å². The summed E-state index contributed by atoms with van der Waals surface area (Å²) in [6.45, 7) is 4.90. The van der Waals surface area contributed by atoms with E-state index >= 15 is 0 Å². The van der Waals surface area contributed by atoms with Gasteiger partial charge in [-0.05, 0) is 29.7 Å². The number of benzene rings is 2. The number of imidazole rings is 1. The summed E-state index contributed by atoms with van der Waals surface area (Å²) in [6, 6.07) is 16.3. The second kappa shape index (κ2) is 9.78. The molecule has 2 aromatic carbocycles. The van der Waals surface area contributed by atoms with Crippen molar-refractivity contribution >= 4 is 17.6 Å². The number of halogens is 1. The fraction of sp³-hybridized carbons (Fsp3) is 0.238. The normalized spacial score (nSPS) is 11.4. The highest BCUT2D eigenvalue weighted by Crippen LogP contribution is 2.14. The maximum atomic E-state index is 6.23. The number of nitrogens with zero attached hydrogens (tertiary/aromatic N) is 3. The summed E-state index contributed by atoms with van der Waals surface area (Å²) in [4.78, 5) is 8.79. The van der Waals surface area contributed by atoms with E-state index in [9.17, 15) is 0 Å². The van der Waals surface area contributed by atoms with Gasteiger partial charge in [-0.15, -0.1) is 0 Å². The van der Waals surface area contributed by atoms with E-state index in [4.69, 9.17) is 16.6 Å². The molecule has 0 saturated carbocycles. The van der Waals surface area contributed by atoms with Gasteiger partial charge in [-0.2, -0.15) is 0 Å². The Balaban J connectivity index is 1.63. The zero-order valence-electron chi connectivity index (χ0n) is 15.4. The van der Waals surface area contributed by atoms with Crippen LogP contribution in [0.1, 0.15) is 23.6 Å². The van der Waals surface area contributed by atoms with Crippen molar-refractivity contribution in [1.82, 2.24) is 20.2 Å². The first-order chi connectivity index (χ1) is 13.2. The molecule has 0 aliphatic rings. The Kier molecular flexibility index (Phi) is 6.88. The van der Waals surface area contributed by atoms with Crippen LogP contribution in [0, 0.1) is 0 Å². The number of nitrogens with one attached hydrogen (secondary N) is 2. The van der Waals surface area contributed by atoms with Crippen LogP contribution < -0.4 is 10.6 Å². The fourth-order valence-corrected chi connectivity index (χ4v) is 2.95. The van der Waals surface area contributed by atoms with E-state index in [1.807, 2.05) is 36.8 Å². The summed E-state index contributed by atoms with van der Waals surface area (Å²) in [7, 11) is 0. The van der Waals surface area contributed by atoms with E-state index in [1.165, 1.54) is 11.1 Å². The lowest BCUT2D eigenvalue weighted by Gasteiger charge is -2.12. The Labute approximate surface area is 165 Å². The van der Waals surface area contributed by atoms with Crippen LogP contribution in [-0.2, 0) is 19.6 Å². The van der Waals surface area contributed by atoms with Gasteiger partial charge in [0.15, 0.2) is 5.96 Å². The molecule has 0 bridgehead atoms. The van der Waals surface area contributed by atoms with E-state index in [0.717, 1.165) is 29.6 Å². The zero-order chi connectivity index (χ0) is 18.9. The van der Waals surface area contributed by atoms with Crippen LogP contribution in [0.25, 0.3) is 0 Å². The number of aromatic nitrogens is 2. The maximum Gasteiger partial charge on any atom is 0.191 e. The van der Waals surface area contributed by atoms with Gasteiger partial charge in [0.1, 0.15) is 0 Å². The molecule has 3 aromatic rings. The van der Waals surface area contributed by atoms with E-state index in [0.29, 0.717) is 13.1 Å². The summed E-state index contributed by atoms with van der Waals surface area (Å²) in [5.41, 5.74) is 3.45. The molecule has 27 heavy (non-hydrogen) atoms. The standard InChI is InChI=1S/C21H24ClN5/c1-2-24-21(26-14-19-8-3-4-9-20(19)22)25-13-17-6-5-7-18(12-17)15-27-11-10-23-16-27/h3-12,16H,2,13-15H2,1H3,(H2,24,25,26). The second-order valence-electron chi connectivity index (χ2n) is 6.20. The van der Waals surface area contributed by atoms with Gasteiger partial charge in [-0.25, -0.2) is 9.98 Å². The largest absolute Gasteiger partial charge is 0.357 e. The molecule has 0 saturated heterocycles. The van der Waals surface area contributed by atoms with Gasteiger partial charge in [-0.1, -0.05) is 54.1 Å². The Morgan fingerprint density at radius 2 is 1.96 bits per heavy atom. The fourth-order valence-electron chi connectivity index (χ4n) is 2.75. The molecule has 0 aliphatic carbocycles. The first-order valence-electron chi connectivity index (χ1n) is 9.03. The third-order valence-corrected chi connectivity index (χ3v) is 4.45. The Bertz CT molecular complexity index is 874. The molecule has 140 valence electrons. The molecule has 0 amide bonds. The molecule has 0 radical (unpaired) electrons. The third-order valence-electron chi connectivity index (χ3n) is 4.08. The predicted octanol–water partition coefficient (Wildman–Crippen LogP) is 3.84. The number of guanidine groups is 1. The Morgan fingerprint density at radius 1 is 1.11 bits per heavy atom. The number of hydrogen-bond acceptors (Lipinski definition) is 2. The van der Waals surface area contributed by atoms with Crippen molar-refractivity contribution in [2.24, 2.45) is 4.99 Å². The molecule has 2 N–H and O–H groups in total. The second-order valence-corrected chi connectivity index (χ2v) is 6.60. The number of rotatable bonds is 7. The van der Waals surface area contributed by atoms with Crippen molar-refractivity contribution in [3.05, 3.63) is 89.0 Å². The summed E-state index contributed by atoms with van der Waals surface area (Å²) in [5, 5.41) is 7.38. The lowest BCUT2D eigenvalue weighted by molar-refractivity contribution is 0.793. The molecule has 0 unspecified atom stereocenters. The van der Waals surface area contributed by atoms with Gasteiger partial charge in [0, 0.05) is 37.1 Å². The van der Waals surface area contributed by atoms with Crippen LogP contribution in [0.5, 0.6) is 0 Å². The molecule has 6 heteroatoms. The van der Waals surface area contributed by atoms with E-state index in [2.05, 4.69) is 51.4 Å². The van der Waals surface area contributed by atoms with Crippen LogP contribution in [0.2, 0.25) is 5.02 Å². The lowest BCUT2D eigenvalue weighted by atomic mass is 10.1. The van der Waals surface area contributed by atoms with Gasteiger partial charge in [0.25, 0.3) is 0 Å². The average Bonchev–Trinajstić information content (AvgIpc) is 3.18. The highest BCUT2D eigenvalue weighted by molar-refractivity contribution is 6.31. The first-order valence-corrected chi connectivity index (χ1v) is 9.41. The molecule has 0 aliphatic heterocycles. The van der Waals surface area contributed by atoms with E-state index < -0.39 is 0 Å². The summed E-state index contributed by atoms with van der Waals surface area (Å²) >= 11 is 6.23. The molecule has 5 nitrogen and oxygen atoms in total. The zero-order valence-corrected chi connectivity index (χ0v) is 16.2. The van der Waals surface area contributed by atoms with Gasteiger partial charge in [-0.3, -0.25) is 0 Å². The minimum Gasteiger partial charge on any atom is -0.357 e. The molecule has 3 rings (SSSR count). The number of hydrogen-bond donors (Lipinski definition) is 2. The lowest BCUT2D eigenvalue weighted by Crippen LogP contribution is -2.36. The molecule has 0 atom stereocenters. The Hall–Kier alpha value is -2.79. The van der Waals surface area contributed by atoms with Crippen molar-refractivity contribution in [1.29, 1.82) is 0 Å². The SMILES string of the molecule is CCNC(=NCc1cccc(Cn2ccnc2)c1)NCc1ccccc1Cl. The molecule has 0 spiro atoms. The van der Waals surface area contributed by atoms with E-state index in [1.54, 1.807) is 6.20 Å². The maximum absolute atomic E-state index is 6.23. The summed E-state index contributed by atoms with van der Waals surface area (Å²) < 4.78 is 2.05. The van der Waals surface area contributed by atoms with Gasteiger partial charge in [0.2, 0.25) is 0 Å². The third kappa shape index (κ3) is 5.86. The van der Waals surface area contributed by atoms with Crippen molar-refractivity contribution < 1.29 is 0 Å². The minimum absolute atomic E-state index is 0.607. The van der Waals surface area contributed by atoms with Gasteiger partial charge < -0.3 is 15.2 Å². The molecule has 0 fully saturated rings. The predicted molar refractivity (Wildman–Crippen MR) is 111 cm³/mol.